The fourth-order valence-corrected chi connectivity index (χ4v) is 11.4. The Morgan fingerprint density at radius 2 is 1.56 bits per heavy atom. The van der Waals surface area contributed by atoms with Crippen LogP contribution in [0.5, 0.6) is 0 Å². The van der Waals surface area contributed by atoms with Crippen molar-refractivity contribution in [1.82, 2.24) is 40.6 Å². The van der Waals surface area contributed by atoms with Crippen LogP contribution in [-0.2, 0) is 19.2 Å². The SMILES string of the molecule is Cc1ncsc1-c1ccc([C@H](C)NC(=O)[C@@H]2C[C@@H](O)CN2C(=O)[C@@H](NC(=O)C2CC3(C2)CN(C(=O)c2ccc(C(=O)N4CCC(CCCCNC(=O)/C=C/c5cccnc5)CC4)cc2)C3)C(C)(C)C)cc1. The number of aryl methyl sites for hydroxylation is 1. The first kappa shape index (κ1) is 51.1. The highest BCUT2D eigenvalue weighted by Crippen LogP contribution is 2.52. The zero-order valence-electron chi connectivity index (χ0n) is 41.6. The maximum Gasteiger partial charge on any atom is 0.253 e. The van der Waals surface area contributed by atoms with Crippen molar-refractivity contribution in [3.05, 3.63) is 113 Å². The normalized spacial score (nSPS) is 20.0. The van der Waals surface area contributed by atoms with Gasteiger partial charge >= 0.3 is 0 Å². The number of amides is 6. The second-order valence-corrected chi connectivity index (χ2v) is 22.2. The fraction of sp³-hybridized carbons (Fsp3) is 0.491. The van der Waals surface area contributed by atoms with Crippen molar-refractivity contribution in [2.75, 3.05) is 39.3 Å². The summed E-state index contributed by atoms with van der Waals surface area (Å²) >= 11 is 1.57. The summed E-state index contributed by atoms with van der Waals surface area (Å²) in [4.78, 5) is 95.5. The number of aliphatic hydroxyl groups is 1. The Balaban J connectivity index is 0.748. The van der Waals surface area contributed by atoms with Crippen molar-refractivity contribution in [3.8, 4) is 10.4 Å². The van der Waals surface area contributed by atoms with Crippen LogP contribution in [0.4, 0.5) is 0 Å². The number of β-amino-alcohol motifs (C(OH)–C–C–N with tert-alkyl or cyclic N) is 1. The summed E-state index contributed by atoms with van der Waals surface area (Å²) in [6.45, 7) is 12.5. The number of likely N-dealkylation sites (tertiary alicyclic amines) is 3. The predicted molar refractivity (Wildman–Crippen MR) is 273 cm³/mol. The molecule has 71 heavy (non-hydrogen) atoms. The molecular weight excluding hydrogens is 917 g/mol. The number of nitrogens with one attached hydrogen (secondary N) is 3. The topological polar surface area (TPSA) is 194 Å². The Kier molecular flexibility index (Phi) is 15.9. The average molecular weight is 985 g/mol. The minimum atomic E-state index is -0.927. The standard InChI is InChI=1S/C55H68N8O7S/c1-35(39-12-14-40(15-13-39)47-36(2)58-34-71-47)59-50(67)45-27-44(64)31-63(45)53(70)48(54(3,4)5)60-49(66)43-28-55(29-43)32-62(33-55)52(69)42-18-16-41(17-19-42)51(68)61-25-21-37(22-26-61)9-6-7-24-57-46(65)20-11-38-10-8-23-56-30-38/h8,10-20,23,30,34-35,37,43-45,48,64H,6-7,9,21-22,24-29,31-33H2,1-5H3,(H,57,65)(H,59,67)(H,60,66)/b20-11+/t35-,44+,45-,48+/m0/s1. The lowest BCUT2D eigenvalue weighted by Gasteiger charge is -2.58. The molecule has 1 spiro atoms. The van der Waals surface area contributed by atoms with Crippen molar-refractivity contribution in [2.24, 2.45) is 22.7 Å². The van der Waals surface area contributed by atoms with Gasteiger partial charge in [0.15, 0.2) is 0 Å². The number of thiazole rings is 1. The van der Waals surface area contributed by atoms with E-state index < -0.39 is 29.5 Å². The molecule has 0 unspecified atom stereocenters. The molecular formula is C55H68N8O7S. The average Bonchev–Trinajstić information content (AvgIpc) is 3.96. The number of hydrogen-bond acceptors (Lipinski definition) is 10. The summed E-state index contributed by atoms with van der Waals surface area (Å²) in [5.41, 5.74) is 5.84. The first-order valence-corrected chi connectivity index (χ1v) is 26.0. The molecule has 15 nitrogen and oxygen atoms in total. The highest BCUT2D eigenvalue weighted by molar-refractivity contribution is 7.13. The summed E-state index contributed by atoms with van der Waals surface area (Å²) < 4.78 is 0. The van der Waals surface area contributed by atoms with E-state index in [-0.39, 0.29) is 59.9 Å². The molecule has 0 bridgehead atoms. The summed E-state index contributed by atoms with van der Waals surface area (Å²) in [5, 5.41) is 19.8. The van der Waals surface area contributed by atoms with E-state index in [1.54, 1.807) is 59.0 Å². The van der Waals surface area contributed by atoms with E-state index in [4.69, 9.17) is 0 Å². The van der Waals surface area contributed by atoms with E-state index in [1.165, 1.54) is 11.0 Å². The van der Waals surface area contributed by atoms with Crippen molar-refractivity contribution in [1.29, 1.82) is 0 Å². The van der Waals surface area contributed by atoms with E-state index in [9.17, 15) is 33.9 Å². The number of benzene rings is 2. The fourth-order valence-electron chi connectivity index (χ4n) is 10.6. The number of pyridine rings is 1. The van der Waals surface area contributed by atoms with Gasteiger partial charge < -0.3 is 35.8 Å². The quantitative estimate of drug-likeness (QED) is 0.0708. The maximum absolute atomic E-state index is 14.3. The Hall–Kier alpha value is -6.26. The minimum absolute atomic E-state index is 0.00872. The molecule has 0 radical (unpaired) electrons. The maximum atomic E-state index is 14.3. The molecule has 5 heterocycles. The zero-order chi connectivity index (χ0) is 50.5. The number of hydrogen-bond donors (Lipinski definition) is 4. The molecule has 3 saturated heterocycles. The van der Waals surface area contributed by atoms with Gasteiger partial charge in [0.25, 0.3) is 11.8 Å². The number of carbonyl (C=O) groups excluding carboxylic acids is 6. The van der Waals surface area contributed by atoms with Crippen LogP contribution in [-0.4, -0.2) is 123 Å². The third kappa shape index (κ3) is 12.3. The molecule has 1 aliphatic carbocycles. The summed E-state index contributed by atoms with van der Waals surface area (Å²) in [7, 11) is 0. The van der Waals surface area contributed by atoms with Crippen LogP contribution >= 0.6 is 11.3 Å². The monoisotopic (exact) mass is 984 g/mol. The second-order valence-electron chi connectivity index (χ2n) is 21.3. The van der Waals surface area contributed by atoms with Gasteiger partial charge in [-0.2, -0.15) is 0 Å². The summed E-state index contributed by atoms with van der Waals surface area (Å²) in [5.74, 6) is -1.02. The van der Waals surface area contributed by atoms with Gasteiger partial charge in [0.1, 0.15) is 12.1 Å². The number of rotatable bonds is 16. The molecule has 2 aromatic carbocycles. The molecule has 4 fully saturated rings. The number of aliphatic hydroxyl groups excluding tert-OH is 1. The molecule has 6 amide bonds. The number of piperidine rings is 1. The second kappa shape index (κ2) is 22.0. The van der Waals surface area contributed by atoms with E-state index in [0.717, 1.165) is 59.4 Å². The molecule has 4 aliphatic rings. The van der Waals surface area contributed by atoms with Crippen LogP contribution in [0.15, 0.2) is 84.6 Å². The van der Waals surface area contributed by atoms with Crippen LogP contribution in [0, 0.1) is 29.6 Å². The summed E-state index contributed by atoms with van der Waals surface area (Å²) in [6, 6.07) is 16.4. The van der Waals surface area contributed by atoms with Crippen LogP contribution in [0.3, 0.4) is 0 Å². The van der Waals surface area contributed by atoms with Gasteiger partial charge in [-0.3, -0.25) is 33.8 Å². The first-order valence-electron chi connectivity index (χ1n) is 25.1. The van der Waals surface area contributed by atoms with Crippen LogP contribution in [0.25, 0.3) is 16.5 Å². The lowest BCUT2D eigenvalue weighted by Crippen LogP contribution is -2.66. The van der Waals surface area contributed by atoms with Gasteiger partial charge in [-0.1, -0.05) is 63.9 Å². The summed E-state index contributed by atoms with van der Waals surface area (Å²) in [6.07, 6.45) is 11.9. The molecule has 3 aliphatic heterocycles. The number of carbonyl (C=O) groups is 6. The number of aromatic nitrogens is 2. The van der Waals surface area contributed by atoms with Crippen molar-refractivity contribution >= 4 is 52.9 Å². The lowest BCUT2D eigenvalue weighted by molar-refractivity contribution is -0.149. The van der Waals surface area contributed by atoms with Crippen LogP contribution in [0.1, 0.15) is 123 Å². The van der Waals surface area contributed by atoms with Gasteiger partial charge in [0, 0.05) is 86.6 Å². The van der Waals surface area contributed by atoms with Gasteiger partial charge in [-0.25, -0.2) is 4.98 Å². The van der Waals surface area contributed by atoms with Gasteiger partial charge in [0.2, 0.25) is 23.6 Å². The Morgan fingerprint density at radius 3 is 2.18 bits per heavy atom. The molecule has 4 N–H and O–H groups in total. The highest BCUT2D eigenvalue weighted by Gasteiger charge is 2.56. The first-order chi connectivity index (χ1) is 34.0. The molecule has 376 valence electrons. The van der Waals surface area contributed by atoms with E-state index >= 15 is 0 Å². The Labute approximate surface area is 420 Å². The molecule has 8 rings (SSSR count). The zero-order valence-corrected chi connectivity index (χ0v) is 42.4. The largest absolute Gasteiger partial charge is 0.391 e. The van der Waals surface area contributed by atoms with E-state index in [0.29, 0.717) is 62.6 Å². The van der Waals surface area contributed by atoms with E-state index in [1.807, 2.05) is 81.4 Å². The number of unbranched alkanes of at least 4 members (excludes halogenated alkanes) is 1. The van der Waals surface area contributed by atoms with Crippen LogP contribution in [0.2, 0.25) is 0 Å². The highest BCUT2D eigenvalue weighted by atomic mass is 32.1. The Morgan fingerprint density at radius 1 is 0.887 bits per heavy atom. The third-order valence-electron chi connectivity index (χ3n) is 14.8. The van der Waals surface area contributed by atoms with Crippen molar-refractivity contribution in [2.45, 2.75) is 110 Å². The van der Waals surface area contributed by atoms with Gasteiger partial charge in [-0.15, -0.1) is 11.3 Å². The Bertz CT molecular complexity index is 2570. The van der Waals surface area contributed by atoms with Gasteiger partial charge in [0.05, 0.1) is 28.2 Å². The number of nitrogens with zero attached hydrogens (tertiary/aromatic N) is 5. The van der Waals surface area contributed by atoms with Gasteiger partial charge in [-0.05, 0) is 110 Å². The van der Waals surface area contributed by atoms with Crippen molar-refractivity contribution in [3.63, 3.8) is 0 Å². The third-order valence-corrected chi connectivity index (χ3v) is 15.8. The molecule has 16 heteroatoms. The molecule has 4 atom stereocenters. The predicted octanol–water partition coefficient (Wildman–Crippen LogP) is 6.59. The minimum Gasteiger partial charge on any atom is -0.391 e. The lowest BCUT2D eigenvalue weighted by atomic mass is 9.57. The van der Waals surface area contributed by atoms with Crippen LogP contribution < -0.4 is 16.0 Å². The molecule has 2 aromatic heterocycles. The molecule has 1 saturated carbocycles. The smallest absolute Gasteiger partial charge is 0.253 e. The van der Waals surface area contributed by atoms with E-state index in [2.05, 4.69) is 25.9 Å². The molecule has 4 aromatic rings. The van der Waals surface area contributed by atoms with Crippen molar-refractivity contribution < 1.29 is 33.9 Å².